The largest absolute Gasteiger partial charge is 0.326 e. The van der Waals surface area contributed by atoms with E-state index in [9.17, 15) is 12.8 Å². The summed E-state index contributed by atoms with van der Waals surface area (Å²) < 4.78 is 39.3. The fraction of sp³-hybridized carbons (Fsp3) is 0.0769. The molecule has 0 fully saturated rings. The predicted octanol–water partition coefficient (Wildman–Crippen LogP) is 2.09. The van der Waals surface area contributed by atoms with Crippen LogP contribution >= 0.6 is 0 Å². The van der Waals surface area contributed by atoms with Gasteiger partial charge in [0.25, 0.3) is 10.0 Å². The molecule has 0 saturated carbocycles. The lowest BCUT2D eigenvalue weighted by Gasteiger charge is -2.09. The number of hydrogen-bond donors (Lipinski definition) is 2. The third kappa shape index (κ3) is 3.30. The van der Waals surface area contributed by atoms with Crippen molar-refractivity contribution in [3.63, 3.8) is 0 Å². The SMILES string of the molecule is NCc1cccc(S(=O)(=O)Nc2ccc(F)cc2)c1. The van der Waals surface area contributed by atoms with Crippen molar-refractivity contribution in [3.05, 3.63) is 59.9 Å². The molecule has 0 aliphatic carbocycles. The number of rotatable bonds is 4. The van der Waals surface area contributed by atoms with Gasteiger partial charge in [-0.3, -0.25) is 4.72 Å². The minimum Gasteiger partial charge on any atom is -0.326 e. The highest BCUT2D eigenvalue weighted by Crippen LogP contribution is 2.17. The molecule has 4 nitrogen and oxygen atoms in total. The first-order valence-corrected chi connectivity index (χ1v) is 7.07. The van der Waals surface area contributed by atoms with Gasteiger partial charge in [0.2, 0.25) is 0 Å². The molecule has 19 heavy (non-hydrogen) atoms. The van der Waals surface area contributed by atoms with E-state index in [1.54, 1.807) is 12.1 Å². The van der Waals surface area contributed by atoms with Gasteiger partial charge < -0.3 is 5.73 Å². The maximum atomic E-state index is 12.8. The Morgan fingerprint density at radius 2 is 1.79 bits per heavy atom. The molecule has 2 aromatic rings. The smallest absolute Gasteiger partial charge is 0.261 e. The van der Waals surface area contributed by atoms with Crippen molar-refractivity contribution in [2.75, 3.05) is 4.72 Å². The van der Waals surface area contributed by atoms with E-state index in [-0.39, 0.29) is 11.4 Å². The second-order valence-electron chi connectivity index (χ2n) is 3.96. The maximum Gasteiger partial charge on any atom is 0.261 e. The average molecular weight is 280 g/mol. The average Bonchev–Trinajstić information content (AvgIpc) is 2.41. The molecule has 0 aliphatic rings. The van der Waals surface area contributed by atoms with Gasteiger partial charge in [-0.05, 0) is 42.0 Å². The summed E-state index contributed by atoms with van der Waals surface area (Å²) in [4.78, 5) is 0.125. The zero-order valence-corrected chi connectivity index (χ0v) is 10.8. The van der Waals surface area contributed by atoms with Gasteiger partial charge >= 0.3 is 0 Å². The molecule has 0 amide bonds. The summed E-state index contributed by atoms with van der Waals surface area (Å²) >= 11 is 0. The van der Waals surface area contributed by atoms with Crippen molar-refractivity contribution < 1.29 is 12.8 Å². The van der Waals surface area contributed by atoms with Crippen molar-refractivity contribution in [3.8, 4) is 0 Å². The Balaban J connectivity index is 2.29. The van der Waals surface area contributed by atoms with E-state index in [0.29, 0.717) is 5.69 Å². The summed E-state index contributed by atoms with van der Waals surface area (Å²) in [5.41, 5.74) is 6.50. The normalized spacial score (nSPS) is 11.3. The summed E-state index contributed by atoms with van der Waals surface area (Å²) in [6.07, 6.45) is 0. The van der Waals surface area contributed by atoms with Gasteiger partial charge in [-0.2, -0.15) is 0 Å². The van der Waals surface area contributed by atoms with Gasteiger partial charge in [0, 0.05) is 12.2 Å². The minimum atomic E-state index is -3.69. The van der Waals surface area contributed by atoms with Gasteiger partial charge in [0.05, 0.1) is 4.90 Å². The van der Waals surface area contributed by atoms with Gasteiger partial charge in [-0.25, -0.2) is 12.8 Å². The van der Waals surface area contributed by atoms with E-state index < -0.39 is 15.8 Å². The lowest BCUT2D eigenvalue weighted by molar-refractivity contribution is 0.601. The quantitative estimate of drug-likeness (QED) is 0.900. The van der Waals surface area contributed by atoms with Gasteiger partial charge in [-0.1, -0.05) is 12.1 Å². The number of anilines is 1. The van der Waals surface area contributed by atoms with Crippen LogP contribution in [0.3, 0.4) is 0 Å². The van der Waals surface area contributed by atoms with E-state index in [4.69, 9.17) is 5.73 Å². The van der Waals surface area contributed by atoms with Crippen molar-refractivity contribution in [1.82, 2.24) is 0 Å². The Hall–Kier alpha value is -1.92. The van der Waals surface area contributed by atoms with Crippen LogP contribution in [0.2, 0.25) is 0 Å². The first-order chi connectivity index (χ1) is 9.01. The molecule has 2 rings (SSSR count). The van der Waals surface area contributed by atoms with Gasteiger partial charge in [0.1, 0.15) is 5.82 Å². The predicted molar refractivity (Wildman–Crippen MR) is 71.5 cm³/mol. The molecule has 3 N–H and O–H groups in total. The molecule has 0 unspecified atom stereocenters. The number of nitrogens with two attached hydrogens (primary N) is 1. The Bertz CT molecular complexity index is 669. The zero-order chi connectivity index (χ0) is 13.9. The molecule has 0 bridgehead atoms. The fourth-order valence-corrected chi connectivity index (χ4v) is 2.70. The van der Waals surface area contributed by atoms with Crippen LogP contribution < -0.4 is 10.5 Å². The van der Waals surface area contributed by atoms with Crippen LogP contribution in [0.15, 0.2) is 53.4 Å². The Labute approximate surface area is 111 Å². The maximum absolute atomic E-state index is 12.8. The van der Waals surface area contributed by atoms with Crippen LogP contribution in [0, 0.1) is 5.82 Å². The second-order valence-corrected chi connectivity index (χ2v) is 5.65. The second kappa shape index (κ2) is 5.38. The van der Waals surface area contributed by atoms with Crippen molar-refractivity contribution in [2.45, 2.75) is 11.4 Å². The number of nitrogens with one attached hydrogen (secondary N) is 1. The molecule has 2 aromatic carbocycles. The molecule has 0 saturated heterocycles. The third-order valence-electron chi connectivity index (χ3n) is 2.54. The summed E-state index contributed by atoms with van der Waals surface area (Å²) in [7, 11) is -3.69. The highest BCUT2D eigenvalue weighted by Gasteiger charge is 2.14. The summed E-state index contributed by atoms with van der Waals surface area (Å²) in [5, 5.41) is 0. The van der Waals surface area contributed by atoms with E-state index in [1.807, 2.05) is 0 Å². The van der Waals surface area contributed by atoms with E-state index >= 15 is 0 Å². The first kappa shape index (κ1) is 13.5. The molecule has 100 valence electrons. The minimum absolute atomic E-state index is 0.125. The van der Waals surface area contributed by atoms with Gasteiger partial charge in [0.15, 0.2) is 0 Å². The lowest BCUT2D eigenvalue weighted by atomic mass is 10.2. The van der Waals surface area contributed by atoms with Crippen LogP contribution in [0.25, 0.3) is 0 Å². The van der Waals surface area contributed by atoms with E-state index in [1.165, 1.54) is 36.4 Å². The van der Waals surface area contributed by atoms with Crippen LogP contribution in [0.1, 0.15) is 5.56 Å². The molecule has 0 spiro atoms. The molecule has 0 aliphatic heterocycles. The molecule has 0 aromatic heterocycles. The van der Waals surface area contributed by atoms with Gasteiger partial charge in [-0.15, -0.1) is 0 Å². The standard InChI is InChI=1S/C13H13FN2O2S/c14-11-4-6-12(7-5-11)16-19(17,18)13-3-1-2-10(8-13)9-15/h1-8,16H,9,15H2. The zero-order valence-electron chi connectivity index (χ0n) is 10.0. The van der Waals surface area contributed by atoms with Crippen molar-refractivity contribution in [1.29, 1.82) is 0 Å². The Morgan fingerprint density at radius 1 is 1.11 bits per heavy atom. The number of benzene rings is 2. The third-order valence-corrected chi connectivity index (χ3v) is 3.92. The van der Waals surface area contributed by atoms with Crippen LogP contribution in [-0.2, 0) is 16.6 Å². The lowest BCUT2D eigenvalue weighted by Crippen LogP contribution is -2.13. The van der Waals surface area contributed by atoms with Crippen LogP contribution in [-0.4, -0.2) is 8.42 Å². The molecule has 0 atom stereocenters. The fourth-order valence-electron chi connectivity index (χ4n) is 1.57. The molecular weight excluding hydrogens is 267 g/mol. The van der Waals surface area contributed by atoms with Crippen molar-refractivity contribution >= 4 is 15.7 Å². The number of sulfonamides is 1. The summed E-state index contributed by atoms with van der Waals surface area (Å²) in [5.74, 6) is -0.423. The highest BCUT2D eigenvalue weighted by atomic mass is 32.2. The molecule has 6 heteroatoms. The number of halogens is 1. The Kier molecular flexibility index (Phi) is 3.82. The molecule has 0 heterocycles. The molecular formula is C13H13FN2O2S. The molecule has 0 radical (unpaired) electrons. The Morgan fingerprint density at radius 3 is 2.42 bits per heavy atom. The summed E-state index contributed by atoms with van der Waals surface area (Å²) in [6.45, 7) is 0.264. The first-order valence-electron chi connectivity index (χ1n) is 5.59. The monoisotopic (exact) mass is 280 g/mol. The van der Waals surface area contributed by atoms with Crippen LogP contribution in [0.5, 0.6) is 0 Å². The van der Waals surface area contributed by atoms with E-state index in [2.05, 4.69) is 4.72 Å². The highest BCUT2D eigenvalue weighted by molar-refractivity contribution is 7.92. The topological polar surface area (TPSA) is 72.2 Å². The number of hydrogen-bond acceptors (Lipinski definition) is 3. The van der Waals surface area contributed by atoms with Crippen molar-refractivity contribution in [2.24, 2.45) is 5.73 Å². The summed E-state index contributed by atoms with van der Waals surface area (Å²) in [6, 6.07) is 11.5. The van der Waals surface area contributed by atoms with E-state index in [0.717, 1.165) is 5.56 Å². The van der Waals surface area contributed by atoms with Crippen LogP contribution in [0.4, 0.5) is 10.1 Å².